The predicted octanol–water partition coefficient (Wildman–Crippen LogP) is 4.23. The zero-order chi connectivity index (χ0) is 17.8. The molecule has 1 N–H and O–H groups in total. The van der Waals surface area contributed by atoms with E-state index in [9.17, 15) is 4.79 Å². The molecule has 6 nitrogen and oxygen atoms in total. The van der Waals surface area contributed by atoms with E-state index in [1.54, 1.807) is 37.4 Å². The van der Waals surface area contributed by atoms with Crippen LogP contribution >= 0.6 is 23.2 Å². The van der Waals surface area contributed by atoms with Crippen molar-refractivity contribution in [3.63, 3.8) is 0 Å². The summed E-state index contributed by atoms with van der Waals surface area (Å²) < 4.78 is 10.2. The number of aromatic nitrogens is 2. The molecule has 8 heteroatoms. The van der Waals surface area contributed by atoms with Gasteiger partial charge < -0.3 is 14.6 Å². The van der Waals surface area contributed by atoms with Gasteiger partial charge in [0, 0.05) is 21.3 Å². The molecular weight excluding hydrogens is 365 g/mol. The fourth-order valence-corrected chi connectivity index (χ4v) is 2.68. The summed E-state index contributed by atoms with van der Waals surface area (Å²) in [5, 5.41) is 7.43. The number of rotatable bonds is 5. The van der Waals surface area contributed by atoms with E-state index in [2.05, 4.69) is 15.5 Å². The van der Waals surface area contributed by atoms with Gasteiger partial charge in [0.25, 0.3) is 0 Å². The van der Waals surface area contributed by atoms with Crippen molar-refractivity contribution in [2.24, 2.45) is 0 Å². The molecule has 3 rings (SSSR count). The Hall–Kier alpha value is -2.57. The standard InChI is InChI=1S/C17H13Cl2N3O3/c1-24-14-4-2-10(3-5-14)17-21-16(25-22-17)9-15(23)20-13-7-11(18)6-12(19)8-13/h2-8H,9H2,1H3,(H,20,23). The minimum absolute atomic E-state index is 0.0622. The maximum atomic E-state index is 12.1. The minimum Gasteiger partial charge on any atom is -0.497 e. The number of nitrogens with zero attached hydrogens (tertiary/aromatic N) is 2. The van der Waals surface area contributed by atoms with E-state index in [1.807, 2.05) is 12.1 Å². The van der Waals surface area contributed by atoms with Crippen LogP contribution < -0.4 is 10.1 Å². The molecule has 0 unspecified atom stereocenters. The number of hydrogen-bond acceptors (Lipinski definition) is 5. The summed E-state index contributed by atoms with van der Waals surface area (Å²) in [6.07, 6.45) is -0.0622. The molecule has 2 aromatic carbocycles. The van der Waals surface area contributed by atoms with E-state index in [0.29, 0.717) is 21.6 Å². The number of carbonyl (C=O) groups excluding carboxylic acids is 1. The molecule has 128 valence electrons. The van der Waals surface area contributed by atoms with Gasteiger partial charge in [0.1, 0.15) is 12.2 Å². The Morgan fingerprint density at radius 2 is 1.84 bits per heavy atom. The molecule has 25 heavy (non-hydrogen) atoms. The van der Waals surface area contributed by atoms with Crippen LogP contribution in [0.15, 0.2) is 47.0 Å². The lowest BCUT2D eigenvalue weighted by Crippen LogP contribution is -2.14. The molecular formula is C17H13Cl2N3O3. The lowest BCUT2D eigenvalue weighted by Gasteiger charge is -2.04. The van der Waals surface area contributed by atoms with Crippen molar-refractivity contribution >= 4 is 34.8 Å². The maximum absolute atomic E-state index is 12.1. The van der Waals surface area contributed by atoms with E-state index >= 15 is 0 Å². The average molecular weight is 378 g/mol. The summed E-state index contributed by atoms with van der Waals surface area (Å²) >= 11 is 11.8. The number of hydrogen-bond donors (Lipinski definition) is 1. The first-order chi connectivity index (χ1) is 12.0. The van der Waals surface area contributed by atoms with Gasteiger partial charge in [0.2, 0.25) is 17.6 Å². The van der Waals surface area contributed by atoms with Gasteiger partial charge in [-0.25, -0.2) is 0 Å². The molecule has 0 fully saturated rings. The van der Waals surface area contributed by atoms with Gasteiger partial charge in [-0.3, -0.25) is 4.79 Å². The topological polar surface area (TPSA) is 77.2 Å². The van der Waals surface area contributed by atoms with Gasteiger partial charge in [0.05, 0.1) is 7.11 Å². The third-order valence-electron chi connectivity index (χ3n) is 3.27. The molecule has 0 aliphatic heterocycles. The number of methoxy groups -OCH3 is 1. The highest BCUT2D eigenvalue weighted by molar-refractivity contribution is 6.35. The van der Waals surface area contributed by atoms with Crippen LogP contribution in [0.5, 0.6) is 5.75 Å². The first-order valence-corrected chi connectivity index (χ1v) is 8.02. The summed E-state index contributed by atoms with van der Waals surface area (Å²) in [6.45, 7) is 0. The molecule has 0 spiro atoms. The second-order valence-electron chi connectivity index (χ2n) is 5.12. The van der Waals surface area contributed by atoms with Crippen molar-refractivity contribution < 1.29 is 14.1 Å². The fourth-order valence-electron chi connectivity index (χ4n) is 2.15. The Labute approximate surface area is 153 Å². The highest BCUT2D eigenvalue weighted by Crippen LogP contribution is 2.23. The van der Waals surface area contributed by atoms with E-state index in [-0.39, 0.29) is 18.2 Å². The first-order valence-electron chi connectivity index (χ1n) is 7.26. The molecule has 0 atom stereocenters. The first kappa shape index (κ1) is 17.3. The summed E-state index contributed by atoms with van der Waals surface area (Å²) in [7, 11) is 1.59. The Bertz CT molecular complexity index is 874. The van der Waals surface area contributed by atoms with E-state index < -0.39 is 0 Å². The lowest BCUT2D eigenvalue weighted by molar-refractivity contribution is -0.115. The summed E-state index contributed by atoms with van der Waals surface area (Å²) in [6, 6.07) is 12.0. The largest absolute Gasteiger partial charge is 0.497 e. The van der Waals surface area contributed by atoms with Gasteiger partial charge in [-0.05, 0) is 42.5 Å². The third kappa shape index (κ3) is 4.49. The van der Waals surface area contributed by atoms with Crippen LogP contribution in [0.25, 0.3) is 11.4 Å². The van der Waals surface area contributed by atoms with Gasteiger partial charge in [-0.2, -0.15) is 4.98 Å². The smallest absolute Gasteiger partial charge is 0.236 e. The molecule has 0 radical (unpaired) electrons. The summed E-state index contributed by atoms with van der Waals surface area (Å²) in [5.74, 6) is 1.02. The van der Waals surface area contributed by atoms with Gasteiger partial charge in [-0.15, -0.1) is 0 Å². The molecule has 3 aromatic rings. The number of benzene rings is 2. The lowest BCUT2D eigenvalue weighted by atomic mass is 10.2. The molecule has 0 aliphatic rings. The van der Waals surface area contributed by atoms with Crippen molar-refractivity contribution in [3.8, 4) is 17.1 Å². The maximum Gasteiger partial charge on any atom is 0.236 e. The average Bonchev–Trinajstić information content (AvgIpc) is 3.02. The summed E-state index contributed by atoms with van der Waals surface area (Å²) in [4.78, 5) is 16.3. The van der Waals surface area contributed by atoms with Crippen LogP contribution in [0.4, 0.5) is 5.69 Å². The molecule has 0 aliphatic carbocycles. The number of ether oxygens (including phenoxy) is 1. The molecule has 0 bridgehead atoms. The Morgan fingerprint density at radius 3 is 2.48 bits per heavy atom. The van der Waals surface area contributed by atoms with E-state index in [4.69, 9.17) is 32.5 Å². The normalized spacial score (nSPS) is 10.5. The fraction of sp³-hybridized carbons (Fsp3) is 0.118. The SMILES string of the molecule is COc1ccc(-c2noc(CC(=O)Nc3cc(Cl)cc(Cl)c3)n2)cc1. The number of amides is 1. The van der Waals surface area contributed by atoms with Crippen molar-refractivity contribution in [2.75, 3.05) is 12.4 Å². The zero-order valence-electron chi connectivity index (χ0n) is 13.1. The Balaban J connectivity index is 1.66. The Morgan fingerprint density at radius 1 is 1.16 bits per heavy atom. The van der Waals surface area contributed by atoms with Crippen LogP contribution in [0, 0.1) is 0 Å². The van der Waals surface area contributed by atoms with Crippen molar-refractivity contribution in [1.82, 2.24) is 10.1 Å². The van der Waals surface area contributed by atoms with Gasteiger partial charge in [0.15, 0.2) is 0 Å². The second kappa shape index (κ2) is 7.55. The number of carbonyl (C=O) groups is 1. The minimum atomic E-state index is -0.316. The molecule has 0 saturated carbocycles. The molecule has 1 aromatic heterocycles. The molecule has 1 amide bonds. The van der Waals surface area contributed by atoms with Crippen molar-refractivity contribution in [2.45, 2.75) is 6.42 Å². The van der Waals surface area contributed by atoms with Crippen molar-refractivity contribution in [1.29, 1.82) is 0 Å². The number of halogens is 2. The van der Waals surface area contributed by atoms with Gasteiger partial charge in [-0.1, -0.05) is 28.4 Å². The molecule has 0 saturated heterocycles. The number of anilines is 1. The predicted molar refractivity (Wildman–Crippen MR) is 95.1 cm³/mol. The monoisotopic (exact) mass is 377 g/mol. The van der Waals surface area contributed by atoms with Crippen LogP contribution in [-0.4, -0.2) is 23.2 Å². The highest BCUT2D eigenvalue weighted by Gasteiger charge is 2.13. The highest BCUT2D eigenvalue weighted by atomic mass is 35.5. The molecule has 1 heterocycles. The van der Waals surface area contributed by atoms with Crippen molar-refractivity contribution in [3.05, 3.63) is 58.4 Å². The van der Waals surface area contributed by atoms with Crippen LogP contribution in [-0.2, 0) is 11.2 Å². The Kier molecular flexibility index (Phi) is 5.21. The number of nitrogens with one attached hydrogen (secondary N) is 1. The van der Waals surface area contributed by atoms with E-state index in [1.165, 1.54) is 0 Å². The van der Waals surface area contributed by atoms with Crippen LogP contribution in [0.1, 0.15) is 5.89 Å². The van der Waals surface area contributed by atoms with Crippen LogP contribution in [0.3, 0.4) is 0 Å². The second-order valence-corrected chi connectivity index (χ2v) is 6.00. The zero-order valence-corrected chi connectivity index (χ0v) is 14.6. The van der Waals surface area contributed by atoms with Crippen LogP contribution in [0.2, 0.25) is 10.0 Å². The summed E-state index contributed by atoms with van der Waals surface area (Å²) in [5.41, 5.74) is 1.26. The quantitative estimate of drug-likeness (QED) is 0.719. The van der Waals surface area contributed by atoms with Gasteiger partial charge >= 0.3 is 0 Å². The van der Waals surface area contributed by atoms with E-state index in [0.717, 1.165) is 11.3 Å². The third-order valence-corrected chi connectivity index (χ3v) is 3.71.